The highest BCUT2D eigenvalue weighted by molar-refractivity contribution is 9.10. The Morgan fingerprint density at radius 1 is 1.05 bits per heavy atom. The zero-order valence-electron chi connectivity index (χ0n) is 11.7. The van der Waals surface area contributed by atoms with E-state index in [1.54, 1.807) is 6.07 Å². The molecule has 0 aromatic heterocycles. The molecule has 0 radical (unpaired) electrons. The van der Waals surface area contributed by atoms with Crippen molar-refractivity contribution < 1.29 is 14.7 Å². The lowest BCUT2D eigenvalue weighted by Crippen LogP contribution is -2.36. The Kier molecular flexibility index (Phi) is 5.55. The molecule has 2 aromatic rings. The van der Waals surface area contributed by atoms with Crippen molar-refractivity contribution in [3.05, 3.63) is 64.1 Å². The maximum atomic E-state index is 11.9. The third kappa shape index (κ3) is 4.60. The van der Waals surface area contributed by atoms with E-state index < -0.39 is 5.91 Å². The maximum Gasteiger partial charge on any atom is 0.255 e. The number of nitrogens with one attached hydrogen (secondary N) is 2. The van der Waals surface area contributed by atoms with Crippen molar-refractivity contribution >= 4 is 27.7 Å². The molecule has 0 aliphatic heterocycles. The van der Waals surface area contributed by atoms with Crippen molar-refractivity contribution in [1.82, 2.24) is 10.6 Å². The number of carbonyl (C=O) groups is 2. The highest BCUT2D eigenvalue weighted by Gasteiger charge is 2.12. The van der Waals surface area contributed by atoms with Crippen LogP contribution in [0.4, 0.5) is 0 Å². The third-order valence-electron chi connectivity index (χ3n) is 2.95. The number of phenols is 1. The smallest absolute Gasteiger partial charge is 0.255 e. The molecule has 0 saturated heterocycles. The molecule has 6 heteroatoms. The van der Waals surface area contributed by atoms with Gasteiger partial charge < -0.3 is 15.7 Å². The summed E-state index contributed by atoms with van der Waals surface area (Å²) in [6, 6.07) is 14.0. The third-order valence-corrected chi connectivity index (χ3v) is 3.44. The van der Waals surface area contributed by atoms with Crippen LogP contribution >= 0.6 is 15.9 Å². The summed E-state index contributed by atoms with van der Waals surface area (Å²) in [7, 11) is 0. The standard InChI is InChI=1S/C16H15BrN2O3/c17-12-6-7-14(20)13(8-12)16(22)19-10-15(21)18-9-11-4-2-1-3-5-11/h1-8,20H,9-10H2,(H,18,21)(H,19,22). The largest absolute Gasteiger partial charge is 0.507 e. The fourth-order valence-electron chi connectivity index (χ4n) is 1.80. The van der Waals surface area contributed by atoms with Crippen LogP contribution in [-0.2, 0) is 11.3 Å². The van der Waals surface area contributed by atoms with Gasteiger partial charge in [0, 0.05) is 11.0 Å². The van der Waals surface area contributed by atoms with Crippen LogP contribution in [0.5, 0.6) is 5.75 Å². The lowest BCUT2D eigenvalue weighted by Gasteiger charge is -2.08. The zero-order chi connectivity index (χ0) is 15.9. The molecule has 2 aromatic carbocycles. The molecular weight excluding hydrogens is 348 g/mol. The minimum Gasteiger partial charge on any atom is -0.507 e. The molecule has 22 heavy (non-hydrogen) atoms. The second-order valence-corrected chi connectivity index (χ2v) is 5.52. The van der Waals surface area contributed by atoms with Crippen molar-refractivity contribution in [3.63, 3.8) is 0 Å². The minimum absolute atomic E-state index is 0.116. The van der Waals surface area contributed by atoms with Gasteiger partial charge in [0.1, 0.15) is 5.75 Å². The van der Waals surface area contributed by atoms with Crippen molar-refractivity contribution in [3.8, 4) is 5.75 Å². The lowest BCUT2D eigenvalue weighted by atomic mass is 10.2. The van der Waals surface area contributed by atoms with Crippen molar-refractivity contribution in [2.75, 3.05) is 6.54 Å². The minimum atomic E-state index is -0.506. The van der Waals surface area contributed by atoms with Crippen LogP contribution in [-0.4, -0.2) is 23.5 Å². The topological polar surface area (TPSA) is 78.4 Å². The van der Waals surface area contributed by atoms with E-state index in [4.69, 9.17) is 0 Å². The number of halogens is 1. The second kappa shape index (κ2) is 7.61. The molecule has 2 amide bonds. The van der Waals surface area contributed by atoms with Crippen LogP contribution in [0.3, 0.4) is 0 Å². The van der Waals surface area contributed by atoms with Gasteiger partial charge in [0.05, 0.1) is 12.1 Å². The number of phenolic OH excluding ortho intramolecular Hbond substituents is 1. The van der Waals surface area contributed by atoms with E-state index in [1.165, 1.54) is 12.1 Å². The Balaban J connectivity index is 1.83. The normalized spacial score (nSPS) is 10.0. The van der Waals surface area contributed by atoms with E-state index in [2.05, 4.69) is 26.6 Å². The summed E-state index contributed by atoms with van der Waals surface area (Å²) in [6.45, 7) is 0.245. The van der Waals surface area contributed by atoms with Gasteiger partial charge in [0.25, 0.3) is 5.91 Å². The summed E-state index contributed by atoms with van der Waals surface area (Å²) in [5.41, 5.74) is 1.09. The van der Waals surface area contributed by atoms with Crippen LogP contribution < -0.4 is 10.6 Å². The molecule has 2 rings (SSSR count). The highest BCUT2D eigenvalue weighted by atomic mass is 79.9. The van der Waals surface area contributed by atoms with E-state index >= 15 is 0 Å². The average Bonchev–Trinajstić information content (AvgIpc) is 2.54. The number of hydrogen-bond acceptors (Lipinski definition) is 3. The van der Waals surface area contributed by atoms with Gasteiger partial charge in [-0.05, 0) is 23.8 Å². The summed E-state index contributed by atoms with van der Waals surface area (Å²) in [5.74, 6) is -0.939. The molecule has 3 N–H and O–H groups in total. The predicted molar refractivity (Wildman–Crippen MR) is 86.4 cm³/mol. The summed E-state index contributed by atoms with van der Waals surface area (Å²) in [5, 5.41) is 14.8. The van der Waals surface area contributed by atoms with Crippen LogP contribution in [0.1, 0.15) is 15.9 Å². The number of benzene rings is 2. The van der Waals surface area contributed by atoms with Crippen molar-refractivity contribution in [2.45, 2.75) is 6.54 Å². The molecule has 114 valence electrons. The Morgan fingerprint density at radius 3 is 2.50 bits per heavy atom. The monoisotopic (exact) mass is 362 g/mol. The zero-order valence-corrected chi connectivity index (χ0v) is 13.3. The number of hydrogen-bond donors (Lipinski definition) is 3. The number of rotatable bonds is 5. The molecule has 5 nitrogen and oxygen atoms in total. The van der Waals surface area contributed by atoms with Gasteiger partial charge in [0.15, 0.2) is 0 Å². The van der Waals surface area contributed by atoms with Gasteiger partial charge in [-0.2, -0.15) is 0 Å². The van der Waals surface area contributed by atoms with Gasteiger partial charge in [-0.3, -0.25) is 9.59 Å². The molecule has 0 saturated carbocycles. The fraction of sp³-hybridized carbons (Fsp3) is 0.125. The molecule has 0 bridgehead atoms. The first-order chi connectivity index (χ1) is 10.6. The summed E-state index contributed by atoms with van der Waals surface area (Å²) < 4.78 is 0.670. The Labute approximate surface area is 136 Å². The first kappa shape index (κ1) is 16.0. The molecule has 0 unspecified atom stereocenters. The fourth-order valence-corrected chi connectivity index (χ4v) is 2.17. The molecule has 0 spiro atoms. The van der Waals surface area contributed by atoms with Gasteiger partial charge in [0.2, 0.25) is 5.91 Å². The molecule has 0 aliphatic carbocycles. The van der Waals surface area contributed by atoms with Crippen molar-refractivity contribution in [1.29, 1.82) is 0 Å². The maximum absolute atomic E-state index is 11.9. The highest BCUT2D eigenvalue weighted by Crippen LogP contribution is 2.21. The van der Waals surface area contributed by atoms with E-state index in [1.807, 2.05) is 30.3 Å². The van der Waals surface area contributed by atoms with E-state index in [9.17, 15) is 14.7 Å². The summed E-state index contributed by atoms with van der Waals surface area (Å²) >= 11 is 3.22. The Hall–Kier alpha value is -2.34. The van der Waals surface area contributed by atoms with Crippen molar-refractivity contribution in [2.24, 2.45) is 0 Å². The Bertz CT molecular complexity index is 674. The molecular formula is C16H15BrN2O3. The van der Waals surface area contributed by atoms with Crippen LogP contribution in [0.25, 0.3) is 0 Å². The predicted octanol–water partition coefficient (Wildman–Crippen LogP) is 2.20. The van der Waals surface area contributed by atoms with Gasteiger partial charge in [-0.1, -0.05) is 46.3 Å². The van der Waals surface area contributed by atoms with E-state index in [-0.39, 0.29) is 23.8 Å². The van der Waals surface area contributed by atoms with E-state index in [0.29, 0.717) is 11.0 Å². The van der Waals surface area contributed by atoms with Crippen LogP contribution in [0.2, 0.25) is 0 Å². The molecule has 0 atom stereocenters. The summed E-state index contributed by atoms with van der Waals surface area (Å²) in [4.78, 5) is 23.6. The van der Waals surface area contributed by atoms with Gasteiger partial charge in [-0.15, -0.1) is 0 Å². The molecule has 0 heterocycles. The number of aromatic hydroxyl groups is 1. The van der Waals surface area contributed by atoms with Crippen LogP contribution in [0, 0.1) is 0 Å². The molecule has 0 fully saturated rings. The quantitative estimate of drug-likeness (QED) is 0.762. The Morgan fingerprint density at radius 2 is 1.77 bits per heavy atom. The van der Waals surface area contributed by atoms with Gasteiger partial charge >= 0.3 is 0 Å². The van der Waals surface area contributed by atoms with Gasteiger partial charge in [-0.25, -0.2) is 0 Å². The average molecular weight is 363 g/mol. The first-order valence-corrected chi connectivity index (χ1v) is 7.43. The number of amides is 2. The molecule has 0 aliphatic rings. The number of carbonyl (C=O) groups excluding carboxylic acids is 2. The first-order valence-electron chi connectivity index (χ1n) is 6.63. The summed E-state index contributed by atoms with van der Waals surface area (Å²) in [6.07, 6.45) is 0. The lowest BCUT2D eigenvalue weighted by molar-refractivity contribution is -0.120. The van der Waals surface area contributed by atoms with E-state index in [0.717, 1.165) is 5.56 Å². The SMILES string of the molecule is O=C(CNC(=O)c1cc(Br)ccc1O)NCc1ccccc1. The second-order valence-electron chi connectivity index (χ2n) is 4.61. The van der Waals surface area contributed by atoms with Crippen LogP contribution in [0.15, 0.2) is 53.0 Å².